The second-order valence-electron chi connectivity index (χ2n) is 0.258. The average molecular weight is 535 g/mol. The number of hydrogen-bond acceptors (Lipinski definition) is 0. The topological polar surface area (TPSA) is 31.5 Å². The summed E-state index contributed by atoms with van der Waals surface area (Å²) in [6, 6.07) is 0. The summed E-state index contributed by atoms with van der Waals surface area (Å²) in [5.41, 5.74) is 0. The molecule has 0 fully saturated rings. The predicted molar refractivity (Wildman–Crippen MR) is 39.3 cm³/mol. The van der Waals surface area contributed by atoms with E-state index in [1.54, 1.807) is 0 Å². The molecule has 0 unspecified atom stereocenters. The van der Waals surface area contributed by atoms with Gasteiger partial charge in [0.1, 0.15) is 0 Å². The molecule has 6 heavy (non-hydrogen) atoms. The fourth-order valence-electron chi connectivity index (χ4n) is 0. The molecule has 0 aliphatic carbocycles. The molecule has 0 aromatic rings. The van der Waals surface area contributed by atoms with E-state index in [2.05, 4.69) is 52.1 Å². The first-order chi connectivity index (χ1) is 2.00. The first kappa shape index (κ1) is 11.4. The van der Waals surface area contributed by atoms with Crippen LogP contribution in [0.5, 0.6) is 0 Å². The first-order valence-electron chi connectivity index (χ1n) is 0.456. The molecule has 0 saturated heterocycles. The third-order valence-electron chi connectivity index (χ3n) is 0. The molecule has 0 aromatic heterocycles. The molecule has 0 heterocycles. The van der Waals surface area contributed by atoms with Gasteiger partial charge in [-0.2, -0.15) is 0 Å². The van der Waals surface area contributed by atoms with Crippen LogP contribution in [-0.4, -0.2) is 5.48 Å². The summed E-state index contributed by atoms with van der Waals surface area (Å²) in [6.45, 7) is 0. The molecule has 2 N–H and O–H groups in total. The summed E-state index contributed by atoms with van der Waals surface area (Å²) in [5, 5.41) is 0. The van der Waals surface area contributed by atoms with Crippen molar-refractivity contribution in [2.24, 2.45) is 0 Å². The molecule has 0 atom stereocenters. The van der Waals surface area contributed by atoms with E-state index in [0.29, 0.717) is 0 Å². The fourth-order valence-corrected chi connectivity index (χ4v) is 0. The molecule has 0 radical (unpaired) electrons. The Labute approximate surface area is 64.9 Å². The summed E-state index contributed by atoms with van der Waals surface area (Å²) >= 11 is 13.2. The Balaban J connectivity index is 0. The van der Waals surface area contributed by atoms with Gasteiger partial charge in [0, 0.05) is 0 Å². The molecule has 47 valence electrons. The predicted octanol–water partition coefficient (Wildman–Crippen LogP) is 2.56. The second kappa shape index (κ2) is 4.49. The molecular formula is H2AuBr4O. The Morgan fingerprint density at radius 2 is 0.833 bits per heavy atom. The zero-order valence-corrected chi connectivity index (χ0v) is 10.8. The molecule has 0 aliphatic heterocycles. The second-order valence-corrected chi connectivity index (χ2v) is 57.1. The summed E-state index contributed by atoms with van der Waals surface area (Å²) in [7, 11) is -1.64. The molecule has 0 amide bonds. The molecule has 0 aromatic carbocycles. The van der Waals surface area contributed by atoms with Gasteiger partial charge in [0.2, 0.25) is 0 Å². The van der Waals surface area contributed by atoms with Gasteiger partial charge in [0.15, 0.2) is 0 Å². The average Bonchev–Trinajstić information content (AvgIpc) is 0.722. The molecule has 0 aliphatic rings. The number of hydrogen-bond donors (Lipinski definition) is 0. The monoisotopic (exact) mass is 531 g/mol. The maximum absolute atomic E-state index is 3.30. The van der Waals surface area contributed by atoms with Gasteiger partial charge in [-0.25, -0.2) is 0 Å². The molecular weight excluding hydrogens is 533 g/mol. The van der Waals surface area contributed by atoms with E-state index in [-0.39, 0.29) is 5.48 Å². The molecule has 6 heteroatoms. The molecule has 0 bridgehead atoms. The van der Waals surface area contributed by atoms with Crippen LogP contribution < -0.4 is 0 Å². The third-order valence-corrected chi connectivity index (χ3v) is 0. The van der Waals surface area contributed by atoms with Crippen LogP contribution in [0, 0.1) is 0 Å². The van der Waals surface area contributed by atoms with Crippen molar-refractivity contribution in [3.05, 3.63) is 0 Å². The van der Waals surface area contributed by atoms with Crippen LogP contribution >= 0.6 is 52.1 Å². The Morgan fingerprint density at radius 3 is 0.833 bits per heavy atom. The minimum absolute atomic E-state index is 0. The SMILES string of the molecule is O.[Br][Au]([Br])([Br])[Br]. The number of halogens is 4. The van der Waals surface area contributed by atoms with Gasteiger partial charge in [0.25, 0.3) is 0 Å². The standard InChI is InChI=1S/Au.4BrH.H2O/h;4*1H;1H2/q+4;;;;;/p-4. The van der Waals surface area contributed by atoms with Gasteiger partial charge in [0.05, 0.1) is 0 Å². The van der Waals surface area contributed by atoms with E-state index in [1.165, 1.54) is 0 Å². The van der Waals surface area contributed by atoms with Crippen LogP contribution in [0.2, 0.25) is 0 Å². The zero-order valence-electron chi connectivity index (χ0n) is 2.31. The normalized spacial score (nSPS) is 12.7. The molecule has 0 spiro atoms. The number of rotatable bonds is 0. The summed E-state index contributed by atoms with van der Waals surface area (Å²) in [4.78, 5) is 0. The van der Waals surface area contributed by atoms with E-state index in [1.807, 2.05) is 0 Å². The van der Waals surface area contributed by atoms with Gasteiger partial charge in [-0.3, -0.25) is 0 Å². The maximum atomic E-state index is 3.30. The van der Waals surface area contributed by atoms with Crippen molar-refractivity contribution in [2.45, 2.75) is 0 Å². The van der Waals surface area contributed by atoms with E-state index in [4.69, 9.17) is 0 Å². The summed E-state index contributed by atoms with van der Waals surface area (Å²) in [6.07, 6.45) is 0. The van der Waals surface area contributed by atoms with Crippen molar-refractivity contribution in [2.75, 3.05) is 0 Å². The molecule has 1 nitrogen and oxygen atoms in total. The van der Waals surface area contributed by atoms with Crippen molar-refractivity contribution < 1.29 is 14.1 Å². The van der Waals surface area contributed by atoms with Crippen molar-refractivity contribution in [1.29, 1.82) is 0 Å². The van der Waals surface area contributed by atoms with Crippen LogP contribution in [-0.2, 0) is 8.59 Å². The van der Waals surface area contributed by atoms with Crippen LogP contribution in [0.1, 0.15) is 0 Å². The van der Waals surface area contributed by atoms with Crippen LogP contribution in [0.25, 0.3) is 0 Å². The minimum atomic E-state index is -1.64. The Kier molecular flexibility index (Phi) is 8.56. The quantitative estimate of drug-likeness (QED) is 0.428. The summed E-state index contributed by atoms with van der Waals surface area (Å²) in [5.74, 6) is 0. The van der Waals surface area contributed by atoms with Crippen molar-refractivity contribution in [1.82, 2.24) is 0 Å². The van der Waals surface area contributed by atoms with E-state index >= 15 is 0 Å². The van der Waals surface area contributed by atoms with Crippen LogP contribution in [0.4, 0.5) is 0 Å². The van der Waals surface area contributed by atoms with E-state index in [9.17, 15) is 0 Å². The van der Waals surface area contributed by atoms with Crippen molar-refractivity contribution in [3.63, 3.8) is 0 Å². The van der Waals surface area contributed by atoms with Crippen LogP contribution in [0.3, 0.4) is 0 Å². The van der Waals surface area contributed by atoms with Crippen LogP contribution in [0.15, 0.2) is 0 Å². The Hall–Kier alpha value is 2.62. The van der Waals surface area contributed by atoms with Gasteiger partial charge in [-0.1, -0.05) is 0 Å². The Bertz CT molecular complexity index is 23.0. The van der Waals surface area contributed by atoms with Gasteiger partial charge < -0.3 is 5.48 Å². The van der Waals surface area contributed by atoms with E-state index < -0.39 is 8.59 Å². The van der Waals surface area contributed by atoms with Crippen molar-refractivity contribution >= 4 is 52.1 Å². The Morgan fingerprint density at radius 1 is 0.833 bits per heavy atom. The summed E-state index contributed by atoms with van der Waals surface area (Å²) < 4.78 is 0. The molecule has 0 rings (SSSR count). The van der Waals surface area contributed by atoms with Gasteiger partial charge in [-0.15, -0.1) is 0 Å². The van der Waals surface area contributed by atoms with E-state index in [0.717, 1.165) is 0 Å². The zero-order chi connectivity index (χ0) is 4.50. The fraction of sp³-hybridized carbons (Fsp3) is 0. The van der Waals surface area contributed by atoms with Gasteiger partial charge in [-0.05, 0) is 0 Å². The molecule has 0 saturated carbocycles. The van der Waals surface area contributed by atoms with Crippen molar-refractivity contribution in [3.8, 4) is 0 Å². The third kappa shape index (κ3) is 30.5. The van der Waals surface area contributed by atoms with Gasteiger partial charge >= 0.3 is 60.7 Å². The first-order valence-corrected chi connectivity index (χ1v) is 19.4.